The third-order valence-electron chi connectivity index (χ3n) is 3.26. The molecule has 0 saturated heterocycles. The summed E-state index contributed by atoms with van der Waals surface area (Å²) in [5, 5.41) is 2.85. The van der Waals surface area contributed by atoms with Crippen molar-refractivity contribution in [1.82, 2.24) is 0 Å². The van der Waals surface area contributed by atoms with Gasteiger partial charge in [0.2, 0.25) is 0 Å². The van der Waals surface area contributed by atoms with Gasteiger partial charge in [-0.05, 0) is 53.3 Å². The fourth-order valence-corrected chi connectivity index (χ4v) is 2.51. The van der Waals surface area contributed by atoms with Gasteiger partial charge in [0.1, 0.15) is 0 Å². The van der Waals surface area contributed by atoms with Crippen molar-refractivity contribution in [3.8, 4) is 0 Å². The van der Waals surface area contributed by atoms with E-state index >= 15 is 0 Å². The Hall–Kier alpha value is -1.56. The Bertz CT molecular complexity index is 574. The molecule has 0 unspecified atom stereocenters. The molecule has 74 valence electrons. The topological polar surface area (TPSA) is 0 Å². The second-order valence-corrected chi connectivity index (χ2v) is 4.42. The van der Waals surface area contributed by atoms with E-state index in [1.54, 1.807) is 0 Å². The first kappa shape index (κ1) is 8.72. The quantitative estimate of drug-likeness (QED) is 0.592. The Morgan fingerprint density at radius 1 is 1.07 bits per heavy atom. The maximum atomic E-state index is 2.33. The molecule has 0 amide bonds. The zero-order valence-electron chi connectivity index (χ0n) is 9.17. The molecule has 15 heavy (non-hydrogen) atoms. The Labute approximate surface area is 90.2 Å². The number of allylic oxidation sites excluding steroid dienone is 2. The van der Waals surface area contributed by atoms with Crippen LogP contribution in [0.3, 0.4) is 0 Å². The molecule has 0 radical (unpaired) electrons. The maximum absolute atomic E-state index is 2.33. The minimum Gasteiger partial charge on any atom is -0.0766 e. The molecule has 1 aliphatic carbocycles. The van der Waals surface area contributed by atoms with Crippen LogP contribution in [0.25, 0.3) is 16.3 Å². The summed E-state index contributed by atoms with van der Waals surface area (Å²) in [6.45, 7) is 4.38. The van der Waals surface area contributed by atoms with Gasteiger partial charge in [0.05, 0.1) is 0 Å². The number of hydrogen-bond donors (Lipinski definition) is 0. The number of benzene rings is 2. The van der Waals surface area contributed by atoms with Crippen LogP contribution in [0, 0.1) is 6.92 Å². The highest BCUT2D eigenvalue weighted by Gasteiger charge is 2.11. The highest BCUT2D eigenvalue weighted by atomic mass is 14.2. The molecule has 0 fully saturated rings. The molecule has 0 bridgehead atoms. The van der Waals surface area contributed by atoms with Crippen LogP contribution in [-0.4, -0.2) is 0 Å². The van der Waals surface area contributed by atoms with Crippen LogP contribution in [0.4, 0.5) is 0 Å². The first-order chi connectivity index (χ1) is 7.25. The van der Waals surface area contributed by atoms with Crippen molar-refractivity contribution in [2.24, 2.45) is 0 Å². The lowest BCUT2D eigenvalue weighted by molar-refractivity contribution is 1.26. The summed E-state index contributed by atoms with van der Waals surface area (Å²) in [4.78, 5) is 0. The van der Waals surface area contributed by atoms with Crippen molar-refractivity contribution in [3.05, 3.63) is 53.1 Å². The Balaban J connectivity index is 2.52. The van der Waals surface area contributed by atoms with Gasteiger partial charge in [0.15, 0.2) is 0 Å². The van der Waals surface area contributed by atoms with Gasteiger partial charge in [0, 0.05) is 0 Å². The normalized spacial score (nSPS) is 14.1. The van der Waals surface area contributed by atoms with Crippen LogP contribution < -0.4 is 0 Å². The largest absolute Gasteiger partial charge is 0.0766 e. The minimum absolute atomic E-state index is 1.08. The first-order valence-corrected chi connectivity index (χ1v) is 5.45. The number of hydrogen-bond acceptors (Lipinski definition) is 0. The van der Waals surface area contributed by atoms with Gasteiger partial charge in [-0.2, -0.15) is 0 Å². The van der Waals surface area contributed by atoms with Gasteiger partial charge < -0.3 is 0 Å². The van der Waals surface area contributed by atoms with Crippen molar-refractivity contribution < 1.29 is 0 Å². The van der Waals surface area contributed by atoms with E-state index < -0.39 is 0 Å². The van der Waals surface area contributed by atoms with Crippen LogP contribution in [0.2, 0.25) is 0 Å². The molecule has 0 atom stereocenters. The van der Waals surface area contributed by atoms with Crippen LogP contribution in [-0.2, 0) is 6.42 Å². The molecular weight excluding hydrogens is 180 g/mol. The van der Waals surface area contributed by atoms with Crippen LogP contribution in [0.1, 0.15) is 23.6 Å². The Morgan fingerprint density at radius 3 is 2.80 bits per heavy atom. The average Bonchev–Trinajstić information content (AvgIpc) is 2.23. The summed E-state index contributed by atoms with van der Waals surface area (Å²) in [6, 6.07) is 11.2. The van der Waals surface area contributed by atoms with E-state index in [0.717, 1.165) is 6.42 Å². The zero-order valence-corrected chi connectivity index (χ0v) is 9.17. The van der Waals surface area contributed by atoms with Crippen LogP contribution in [0.5, 0.6) is 0 Å². The summed E-state index contributed by atoms with van der Waals surface area (Å²) >= 11 is 0. The zero-order chi connectivity index (χ0) is 10.4. The predicted molar refractivity (Wildman–Crippen MR) is 66.0 cm³/mol. The lowest BCUT2D eigenvalue weighted by Crippen LogP contribution is -1.96. The molecule has 2 aromatic rings. The van der Waals surface area contributed by atoms with Crippen molar-refractivity contribution in [2.75, 3.05) is 0 Å². The molecule has 0 spiro atoms. The molecule has 0 saturated carbocycles. The van der Waals surface area contributed by atoms with Gasteiger partial charge >= 0.3 is 0 Å². The lowest BCUT2D eigenvalue weighted by Gasteiger charge is -2.17. The van der Waals surface area contributed by atoms with Crippen molar-refractivity contribution in [2.45, 2.75) is 20.3 Å². The molecule has 1 aliphatic rings. The summed E-state index contributed by atoms with van der Waals surface area (Å²) < 4.78 is 0. The van der Waals surface area contributed by atoms with E-state index in [9.17, 15) is 0 Å². The standard InChI is InChI=1S/C15H14/c1-10-8-13-5-3-4-12-7-6-11(2)14(9-10)15(12)13/h3-6,8-9H,7H2,1-2H3. The van der Waals surface area contributed by atoms with Gasteiger partial charge in [-0.25, -0.2) is 0 Å². The second-order valence-electron chi connectivity index (χ2n) is 4.42. The summed E-state index contributed by atoms with van der Waals surface area (Å²) in [7, 11) is 0. The van der Waals surface area contributed by atoms with Gasteiger partial charge in [0.25, 0.3) is 0 Å². The fourth-order valence-electron chi connectivity index (χ4n) is 2.51. The maximum Gasteiger partial charge on any atom is -0.00734 e. The summed E-state index contributed by atoms with van der Waals surface area (Å²) in [5.74, 6) is 0. The highest BCUT2D eigenvalue weighted by molar-refractivity contribution is 5.98. The molecule has 0 nitrogen and oxygen atoms in total. The molecule has 0 heteroatoms. The number of aryl methyl sites for hydroxylation is 1. The van der Waals surface area contributed by atoms with Crippen molar-refractivity contribution >= 4 is 16.3 Å². The van der Waals surface area contributed by atoms with E-state index in [4.69, 9.17) is 0 Å². The monoisotopic (exact) mass is 194 g/mol. The third-order valence-corrected chi connectivity index (χ3v) is 3.26. The predicted octanol–water partition coefficient (Wildman–Crippen LogP) is 4.11. The molecule has 0 aromatic heterocycles. The third kappa shape index (κ3) is 1.21. The summed E-state index contributed by atoms with van der Waals surface area (Å²) in [6.07, 6.45) is 3.41. The Kier molecular flexibility index (Phi) is 1.72. The first-order valence-electron chi connectivity index (χ1n) is 5.45. The smallest absolute Gasteiger partial charge is 0.00734 e. The average molecular weight is 194 g/mol. The summed E-state index contributed by atoms with van der Waals surface area (Å²) in [5.41, 5.74) is 5.66. The minimum atomic E-state index is 1.08. The molecule has 2 aromatic carbocycles. The van der Waals surface area contributed by atoms with Crippen LogP contribution >= 0.6 is 0 Å². The number of rotatable bonds is 0. The molecular formula is C15H14. The van der Waals surface area contributed by atoms with Crippen molar-refractivity contribution in [3.63, 3.8) is 0 Å². The highest BCUT2D eigenvalue weighted by Crippen LogP contribution is 2.33. The van der Waals surface area contributed by atoms with Crippen molar-refractivity contribution in [1.29, 1.82) is 0 Å². The van der Waals surface area contributed by atoms with Gasteiger partial charge in [-0.1, -0.05) is 36.4 Å². The molecule has 3 rings (SSSR count). The van der Waals surface area contributed by atoms with E-state index in [1.165, 1.54) is 33.0 Å². The Morgan fingerprint density at radius 2 is 1.93 bits per heavy atom. The van der Waals surface area contributed by atoms with Gasteiger partial charge in [-0.3, -0.25) is 0 Å². The second kappa shape index (κ2) is 2.96. The fraction of sp³-hybridized carbons (Fsp3) is 0.200. The molecule has 0 N–H and O–H groups in total. The van der Waals surface area contributed by atoms with E-state index in [0.29, 0.717) is 0 Å². The van der Waals surface area contributed by atoms with E-state index in [2.05, 4.69) is 50.3 Å². The lowest BCUT2D eigenvalue weighted by atomic mass is 9.88. The van der Waals surface area contributed by atoms with Gasteiger partial charge in [-0.15, -0.1) is 0 Å². The SMILES string of the molecule is CC1=CCc2cccc3cc(C)cc1c23. The van der Waals surface area contributed by atoms with E-state index in [1.807, 2.05) is 0 Å². The van der Waals surface area contributed by atoms with Crippen LogP contribution in [0.15, 0.2) is 36.4 Å². The van der Waals surface area contributed by atoms with E-state index in [-0.39, 0.29) is 0 Å². The molecule has 0 heterocycles. The molecule has 0 aliphatic heterocycles.